The van der Waals surface area contributed by atoms with E-state index < -0.39 is 18.0 Å². The molecule has 0 heterocycles. The highest BCUT2D eigenvalue weighted by Gasteiger charge is 2.25. The highest BCUT2D eigenvalue weighted by Crippen LogP contribution is 2.22. The topological polar surface area (TPSA) is 87.7 Å². The van der Waals surface area contributed by atoms with E-state index in [0.29, 0.717) is 10.7 Å². The predicted octanol–water partition coefficient (Wildman–Crippen LogP) is 2.75. The molecule has 0 saturated heterocycles. The fraction of sp³-hybridized carbons (Fsp3) is 0.471. The summed E-state index contributed by atoms with van der Waals surface area (Å²) in [5.41, 5.74) is 0.694. The second-order valence-corrected chi connectivity index (χ2v) is 6.38. The second-order valence-electron chi connectivity index (χ2n) is 5.97. The van der Waals surface area contributed by atoms with Gasteiger partial charge in [-0.3, -0.25) is 9.59 Å². The SMILES string of the molecule is CCOC(=O)NC(C(=O)Nc1ccc(Cl)c(C(=O)N(C)C)c1)C(C)C. The summed E-state index contributed by atoms with van der Waals surface area (Å²) in [6.45, 7) is 5.51. The molecule has 0 spiro atoms. The van der Waals surface area contributed by atoms with Gasteiger partial charge in [0, 0.05) is 19.8 Å². The zero-order chi connectivity index (χ0) is 19.1. The molecule has 0 aliphatic carbocycles. The summed E-state index contributed by atoms with van der Waals surface area (Å²) in [4.78, 5) is 37.6. The van der Waals surface area contributed by atoms with Crippen molar-refractivity contribution >= 4 is 35.2 Å². The Kier molecular flexibility index (Phi) is 7.70. The highest BCUT2D eigenvalue weighted by molar-refractivity contribution is 6.34. The maximum Gasteiger partial charge on any atom is 0.407 e. The van der Waals surface area contributed by atoms with E-state index in [1.165, 1.54) is 17.0 Å². The number of halogens is 1. The fourth-order valence-electron chi connectivity index (χ4n) is 2.06. The Morgan fingerprint density at radius 2 is 1.88 bits per heavy atom. The summed E-state index contributed by atoms with van der Waals surface area (Å²) in [5, 5.41) is 5.52. The third kappa shape index (κ3) is 5.94. The number of rotatable bonds is 6. The van der Waals surface area contributed by atoms with Crippen molar-refractivity contribution in [3.05, 3.63) is 28.8 Å². The van der Waals surface area contributed by atoms with Crippen LogP contribution in [0.25, 0.3) is 0 Å². The van der Waals surface area contributed by atoms with Crippen molar-refractivity contribution in [2.45, 2.75) is 26.8 Å². The van der Waals surface area contributed by atoms with Gasteiger partial charge in [-0.15, -0.1) is 0 Å². The van der Waals surface area contributed by atoms with E-state index in [1.54, 1.807) is 40.9 Å². The van der Waals surface area contributed by atoms with Gasteiger partial charge in [0.2, 0.25) is 5.91 Å². The molecule has 1 unspecified atom stereocenters. The number of carbonyl (C=O) groups is 3. The molecule has 8 heteroatoms. The average molecular weight is 370 g/mol. The second kappa shape index (κ2) is 9.27. The van der Waals surface area contributed by atoms with Crippen LogP contribution in [0.2, 0.25) is 5.02 Å². The number of nitrogens with zero attached hydrogens (tertiary/aromatic N) is 1. The van der Waals surface area contributed by atoms with Gasteiger partial charge in [-0.25, -0.2) is 4.79 Å². The number of nitrogens with one attached hydrogen (secondary N) is 2. The Morgan fingerprint density at radius 1 is 1.24 bits per heavy atom. The van der Waals surface area contributed by atoms with Crippen molar-refractivity contribution < 1.29 is 19.1 Å². The normalized spacial score (nSPS) is 11.6. The molecule has 3 amide bonds. The first-order valence-corrected chi connectivity index (χ1v) is 8.30. The molecule has 1 aromatic carbocycles. The van der Waals surface area contributed by atoms with Crippen LogP contribution < -0.4 is 10.6 Å². The van der Waals surface area contributed by atoms with Crippen molar-refractivity contribution in [3.63, 3.8) is 0 Å². The Morgan fingerprint density at radius 3 is 2.40 bits per heavy atom. The van der Waals surface area contributed by atoms with Crippen molar-refractivity contribution in [2.75, 3.05) is 26.0 Å². The lowest BCUT2D eigenvalue weighted by Crippen LogP contribution is -2.47. The molecule has 0 bridgehead atoms. The molecule has 25 heavy (non-hydrogen) atoms. The molecule has 0 aliphatic heterocycles. The molecule has 1 aromatic rings. The number of anilines is 1. The maximum absolute atomic E-state index is 12.5. The number of amides is 3. The predicted molar refractivity (Wildman–Crippen MR) is 96.9 cm³/mol. The lowest BCUT2D eigenvalue weighted by molar-refractivity contribution is -0.119. The fourth-order valence-corrected chi connectivity index (χ4v) is 2.26. The molecule has 1 rings (SSSR count). The highest BCUT2D eigenvalue weighted by atomic mass is 35.5. The van der Waals surface area contributed by atoms with Crippen molar-refractivity contribution in [1.29, 1.82) is 0 Å². The molecule has 0 radical (unpaired) electrons. The first-order chi connectivity index (χ1) is 11.7. The first kappa shape index (κ1) is 20.8. The van der Waals surface area contributed by atoms with Crippen LogP contribution in [-0.4, -0.2) is 49.6 Å². The zero-order valence-corrected chi connectivity index (χ0v) is 15.8. The number of hydrogen-bond donors (Lipinski definition) is 2. The summed E-state index contributed by atoms with van der Waals surface area (Å²) >= 11 is 6.05. The summed E-state index contributed by atoms with van der Waals surface area (Å²) in [5.74, 6) is -0.834. The van der Waals surface area contributed by atoms with Gasteiger partial charge < -0.3 is 20.3 Å². The van der Waals surface area contributed by atoms with Crippen LogP contribution in [0.15, 0.2) is 18.2 Å². The number of ether oxygens (including phenoxy) is 1. The van der Waals surface area contributed by atoms with E-state index in [2.05, 4.69) is 10.6 Å². The zero-order valence-electron chi connectivity index (χ0n) is 15.1. The summed E-state index contributed by atoms with van der Waals surface area (Å²) < 4.78 is 4.82. The standard InChI is InChI=1S/C17H24ClN3O4/c1-6-25-17(24)20-14(10(2)3)15(22)19-11-7-8-13(18)12(9-11)16(23)21(4)5/h7-10,14H,6H2,1-5H3,(H,19,22)(H,20,24). The molecule has 2 N–H and O–H groups in total. The Hall–Kier alpha value is -2.28. The van der Waals surface area contributed by atoms with Gasteiger partial charge in [0.15, 0.2) is 0 Å². The van der Waals surface area contributed by atoms with Crippen molar-refractivity contribution in [1.82, 2.24) is 10.2 Å². The van der Waals surface area contributed by atoms with Gasteiger partial charge in [-0.2, -0.15) is 0 Å². The molecular weight excluding hydrogens is 346 g/mol. The van der Waals surface area contributed by atoms with Crippen LogP contribution in [0.3, 0.4) is 0 Å². The minimum absolute atomic E-state index is 0.153. The molecule has 0 fully saturated rings. The summed E-state index contributed by atoms with van der Waals surface area (Å²) in [7, 11) is 3.23. The molecule has 0 saturated carbocycles. The van der Waals surface area contributed by atoms with Gasteiger partial charge >= 0.3 is 6.09 Å². The van der Waals surface area contributed by atoms with Gasteiger partial charge in [0.25, 0.3) is 5.91 Å². The maximum atomic E-state index is 12.5. The molecule has 138 valence electrons. The van der Waals surface area contributed by atoms with Crippen LogP contribution in [0, 0.1) is 5.92 Å². The van der Waals surface area contributed by atoms with Crippen molar-refractivity contribution in [2.24, 2.45) is 5.92 Å². The van der Waals surface area contributed by atoms with Crippen LogP contribution in [-0.2, 0) is 9.53 Å². The van der Waals surface area contributed by atoms with Crippen LogP contribution in [0.1, 0.15) is 31.1 Å². The molecule has 0 aliphatic rings. The number of carbonyl (C=O) groups excluding carboxylic acids is 3. The molecule has 0 aromatic heterocycles. The molecular formula is C17H24ClN3O4. The van der Waals surface area contributed by atoms with E-state index in [-0.39, 0.29) is 24.0 Å². The van der Waals surface area contributed by atoms with Gasteiger partial charge in [0.05, 0.1) is 17.2 Å². The number of alkyl carbamates (subject to hydrolysis) is 1. The smallest absolute Gasteiger partial charge is 0.407 e. The van der Waals surface area contributed by atoms with Crippen molar-refractivity contribution in [3.8, 4) is 0 Å². The quantitative estimate of drug-likeness (QED) is 0.807. The Bertz CT molecular complexity index is 647. The first-order valence-electron chi connectivity index (χ1n) is 7.92. The van der Waals surface area contributed by atoms with Crippen LogP contribution in [0.4, 0.5) is 10.5 Å². The summed E-state index contributed by atoms with van der Waals surface area (Å²) in [6.07, 6.45) is -0.657. The Balaban J connectivity index is 2.95. The van der Waals surface area contributed by atoms with Crippen LogP contribution >= 0.6 is 11.6 Å². The largest absolute Gasteiger partial charge is 0.450 e. The average Bonchev–Trinajstić information content (AvgIpc) is 2.53. The minimum Gasteiger partial charge on any atom is -0.450 e. The van der Waals surface area contributed by atoms with Gasteiger partial charge in [-0.05, 0) is 31.0 Å². The third-order valence-corrected chi connectivity index (χ3v) is 3.70. The number of benzene rings is 1. The summed E-state index contributed by atoms with van der Waals surface area (Å²) in [6, 6.07) is 3.86. The van der Waals surface area contributed by atoms with E-state index in [0.717, 1.165) is 0 Å². The lowest BCUT2D eigenvalue weighted by Gasteiger charge is -2.21. The van der Waals surface area contributed by atoms with Gasteiger partial charge in [0.1, 0.15) is 6.04 Å². The monoisotopic (exact) mass is 369 g/mol. The van der Waals surface area contributed by atoms with Crippen LogP contribution in [0.5, 0.6) is 0 Å². The van der Waals surface area contributed by atoms with E-state index in [1.807, 2.05) is 0 Å². The van der Waals surface area contributed by atoms with E-state index in [4.69, 9.17) is 16.3 Å². The lowest BCUT2D eigenvalue weighted by atomic mass is 10.0. The molecule has 1 atom stereocenters. The Labute approximate surface area is 152 Å². The molecule has 7 nitrogen and oxygen atoms in total. The van der Waals surface area contributed by atoms with E-state index >= 15 is 0 Å². The minimum atomic E-state index is -0.775. The number of hydrogen-bond acceptors (Lipinski definition) is 4. The van der Waals surface area contributed by atoms with Gasteiger partial charge in [-0.1, -0.05) is 25.4 Å². The third-order valence-electron chi connectivity index (χ3n) is 3.37. The van der Waals surface area contributed by atoms with E-state index in [9.17, 15) is 14.4 Å².